The van der Waals surface area contributed by atoms with Crippen LogP contribution < -0.4 is 9.80 Å². The predicted molar refractivity (Wildman–Crippen MR) is 96.8 cm³/mol. The zero-order valence-electron chi connectivity index (χ0n) is 15.7. The lowest BCUT2D eigenvalue weighted by Gasteiger charge is -2.31. The Morgan fingerprint density at radius 1 is 0.542 bits per heavy atom. The van der Waals surface area contributed by atoms with Gasteiger partial charge in [0, 0.05) is 0 Å². The van der Waals surface area contributed by atoms with Gasteiger partial charge in [-0.3, -0.25) is 0 Å². The molecule has 140 valence electrons. The van der Waals surface area contributed by atoms with Crippen molar-refractivity contribution in [3.8, 4) is 0 Å². The summed E-state index contributed by atoms with van der Waals surface area (Å²) in [4.78, 5) is 3.51. The van der Waals surface area contributed by atoms with Crippen molar-refractivity contribution in [2.75, 3.05) is 52.5 Å². The lowest BCUT2D eigenvalue weighted by atomic mass is 9.98. The summed E-state index contributed by atoms with van der Waals surface area (Å²) in [6.45, 7) is 9.62. The Morgan fingerprint density at radius 2 is 0.917 bits per heavy atom. The van der Waals surface area contributed by atoms with Gasteiger partial charge in [-0.05, 0) is 25.7 Å². The zero-order chi connectivity index (χ0) is 16.5. The molecular weight excluding hydrogens is 300 g/mol. The monoisotopic (exact) mass is 340 g/mol. The van der Waals surface area contributed by atoms with Gasteiger partial charge in [0.05, 0.1) is 25.4 Å². The smallest absolute Gasteiger partial charge is 0.127 e. The van der Waals surface area contributed by atoms with Gasteiger partial charge in [0.15, 0.2) is 0 Å². The maximum Gasteiger partial charge on any atom is 0.127 e. The van der Waals surface area contributed by atoms with E-state index in [2.05, 4.69) is 0 Å². The van der Waals surface area contributed by atoms with Crippen LogP contribution in [-0.2, 0) is 9.47 Å². The minimum atomic E-state index is 0.571. The minimum absolute atomic E-state index is 0.571. The number of nitrogens with one attached hydrogen (secondary N) is 2. The zero-order valence-corrected chi connectivity index (χ0v) is 15.7. The first kappa shape index (κ1) is 18.6. The molecule has 0 amide bonds. The van der Waals surface area contributed by atoms with Crippen LogP contribution in [0.25, 0.3) is 0 Å². The molecule has 1 heterocycles. The number of hydrogen-bond acceptors (Lipinski definition) is 2. The number of ether oxygens (including phenoxy) is 2. The number of rotatable bonds is 8. The van der Waals surface area contributed by atoms with Gasteiger partial charge in [-0.1, -0.05) is 38.5 Å². The van der Waals surface area contributed by atoms with Gasteiger partial charge in [-0.25, -0.2) is 0 Å². The number of hydrogen-bond donors (Lipinski definition) is 2. The van der Waals surface area contributed by atoms with Crippen LogP contribution in [0.4, 0.5) is 0 Å². The van der Waals surface area contributed by atoms with Gasteiger partial charge >= 0.3 is 0 Å². The summed E-state index contributed by atoms with van der Waals surface area (Å²) in [6.07, 6.45) is 14.7. The molecule has 1 aliphatic heterocycles. The van der Waals surface area contributed by atoms with Crippen LogP contribution in [0.5, 0.6) is 0 Å². The molecular formula is C20H40N2O2+2. The molecule has 4 heteroatoms. The fourth-order valence-electron chi connectivity index (χ4n) is 4.66. The average Bonchev–Trinajstić information content (AvgIpc) is 2.65. The van der Waals surface area contributed by atoms with Crippen LogP contribution in [0.3, 0.4) is 0 Å². The van der Waals surface area contributed by atoms with Crippen molar-refractivity contribution in [2.45, 2.75) is 76.4 Å². The molecule has 0 unspecified atom stereocenters. The van der Waals surface area contributed by atoms with E-state index in [4.69, 9.17) is 9.47 Å². The molecule has 3 aliphatic rings. The molecule has 0 radical (unpaired) electrons. The molecule has 2 saturated carbocycles. The van der Waals surface area contributed by atoms with Crippen LogP contribution in [0.1, 0.15) is 64.2 Å². The van der Waals surface area contributed by atoms with Gasteiger partial charge in [0.2, 0.25) is 0 Å². The first-order chi connectivity index (χ1) is 11.9. The third-order valence-corrected chi connectivity index (χ3v) is 6.39. The second kappa shape index (κ2) is 10.7. The third kappa shape index (κ3) is 6.62. The standard InChI is InChI=1S/C20H38N2O2/c1-3-7-19(8-4-1)23-17-15-21-11-13-22(14-12-21)16-18-24-20-9-5-2-6-10-20/h19-20H,1-18H2/p+2. The van der Waals surface area contributed by atoms with E-state index >= 15 is 0 Å². The molecule has 2 N–H and O–H groups in total. The summed E-state index contributed by atoms with van der Waals surface area (Å²) in [5, 5.41) is 0. The second-order valence-electron chi connectivity index (χ2n) is 8.26. The van der Waals surface area contributed by atoms with Gasteiger partial charge in [-0.2, -0.15) is 0 Å². The summed E-state index contributed by atoms with van der Waals surface area (Å²) in [6, 6.07) is 0. The van der Waals surface area contributed by atoms with Gasteiger partial charge in [0.25, 0.3) is 0 Å². The number of quaternary nitrogens is 2. The van der Waals surface area contributed by atoms with E-state index in [-0.39, 0.29) is 0 Å². The maximum atomic E-state index is 6.10. The fourth-order valence-corrected chi connectivity index (χ4v) is 4.66. The van der Waals surface area contributed by atoms with E-state index in [1.54, 1.807) is 9.80 Å². The molecule has 1 saturated heterocycles. The SMILES string of the molecule is C1CCC(OCC[NH+]2CC[NH+](CCOC3CCCCC3)CC2)CC1. The minimum Gasteiger partial charge on any atom is -0.372 e. The molecule has 2 aliphatic carbocycles. The van der Waals surface area contributed by atoms with E-state index in [9.17, 15) is 0 Å². The van der Waals surface area contributed by atoms with E-state index < -0.39 is 0 Å². The van der Waals surface area contributed by atoms with Crippen molar-refractivity contribution in [1.29, 1.82) is 0 Å². The van der Waals surface area contributed by atoms with Crippen LogP contribution in [0, 0.1) is 0 Å². The lowest BCUT2D eigenvalue weighted by Crippen LogP contribution is -3.28. The molecule has 0 aromatic carbocycles. The molecule has 0 aromatic heterocycles. The summed E-state index contributed by atoms with van der Waals surface area (Å²) in [5.74, 6) is 0. The normalized spacial score (nSPS) is 30.5. The summed E-state index contributed by atoms with van der Waals surface area (Å²) < 4.78 is 12.2. The first-order valence-electron chi connectivity index (χ1n) is 10.8. The highest BCUT2D eigenvalue weighted by molar-refractivity contribution is 4.65. The van der Waals surface area contributed by atoms with E-state index in [0.29, 0.717) is 12.2 Å². The van der Waals surface area contributed by atoms with Crippen molar-refractivity contribution >= 4 is 0 Å². The Labute approximate surface area is 148 Å². The molecule has 3 rings (SSSR count). The summed E-state index contributed by atoms with van der Waals surface area (Å²) >= 11 is 0. The maximum absolute atomic E-state index is 6.10. The first-order valence-corrected chi connectivity index (χ1v) is 10.8. The Balaban J connectivity index is 1.19. The highest BCUT2D eigenvalue weighted by Crippen LogP contribution is 2.20. The van der Waals surface area contributed by atoms with Crippen LogP contribution in [0.15, 0.2) is 0 Å². The Bertz CT molecular complexity index is 288. The highest BCUT2D eigenvalue weighted by atomic mass is 16.5. The average molecular weight is 341 g/mol. The van der Waals surface area contributed by atoms with Crippen LogP contribution in [0.2, 0.25) is 0 Å². The van der Waals surface area contributed by atoms with Crippen molar-refractivity contribution < 1.29 is 19.3 Å². The van der Waals surface area contributed by atoms with E-state index in [0.717, 1.165) is 13.2 Å². The van der Waals surface area contributed by atoms with Crippen molar-refractivity contribution in [3.05, 3.63) is 0 Å². The van der Waals surface area contributed by atoms with Crippen molar-refractivity contribution in [3.63, 3.8) is 0 Å². The van der Waals surface area contributed by atoms with Crippen LogP contribution >= 0.6 is 0 Å². The second-order valence-corrected chi connectivity index (χ2v) is 8.26. The van der Waals surface area contributed by atoms with Gasteiger partial charge in [-0.15, -0.1) is 0 Å². The predicted octanol–water partition coefficient (Wildman–Crippen LogP) is 0.468. The quantitative estimate of drug-likeness (QED) is 0.672. The Kier molecular flexibility index (Phi) is 8.34. The summed E-state index contributed by atoms with van der Waals surface area (Å²) in [5.41, 5.74) is 0. The molecule has 0 bridgehead atoms. The lowest BCUT2D eigenvalue weighted by molar-refractivity contribution is -1.01. The molecule has 3 fully saturated rings. The highest BCUT2D eigenvalue weighted by Gasteiger charge is 2.23. The largest absolute Gasteiger partial charge is 0.372 e. The molecule has 0 spiro atoms. The van der Waals surface area contributed by atoms with Crippen molar-refractivity contribution in [1.82, 2.24) is 0 Å². The molecule has 4 nitrogen and oxygen atoms in total. The third-order valence-electron chi connectivity index (χ3n) is 6.39. The Hall–Kier alpha value is -0.160. The van der Waals surface area contributed by atoms with E-state index in [1.165, 1.54) is 103 Å². The topological polar surface area (TPSA) is 27.3 Å². The molecule has 0 aromatic rings. The molecule has 0 atom stereocenters. The van der Waals surface area contributed by atoms with Crippen LogP contribution in [-0.4, -0.2) is 64.7 Å². The van der Waals surface area contributed by atoms with Gasteiger partial charge < -0.3 is 19.3 Å². The van der Waals surface area contributed by atoms with Gasteiger partial charge in [0.1, 0.15) is 39.3 Å². The molecule has 24 heavy (non-hydrogen) atoms. The number of piperazine rings is 1. The summed E-state index contributed by atoms with van der Waals surface area (Å²) in [7, 11) is 0. The Morgan fingerprint density at radius 3 is 1.29 bits per heavy atom. The fraction of sp³-hybridized carbons (Fsp3) is 1.00. The van der Waals surface area contributed by atoms with E-state index in [1.807, 2.05) is 0 Å². The van der Waals surface area contributed by atoms with Crippen molar-refractivity contribution in [2.24, 2.45) is 0 Å².